The molecular formula is C16H20BrN5O3S. The van der Waals surface area contributed by atoms with Crippen LogP contribution in [-0.4, -0.2) is 47.6 Å². The third-order valence-electron chi connectivity index (χ3n) is 3.99. The van der Waals surface area contributed by atoms with Crippen LogP contribution in [0.4, 0.5) is 0 Å². The number of nitrogens with one attached hydrogen (secondary N) is 1. The highest BCUT2D eigenvalue weighted by Crippen LogP contribution is 2.32. The normalized spacial score (nSPS) is 12.2. The molecule has 140 valence electrons. The van der Waals surface area contributed by atoms with Gasteiger partial charge in [-0.05, 0) is 41.9 Å². The summed E-state index contributed by atoms with van der Waals surface area (Å²) in [6, 6.07) is 6.67. The van der Waals surface area contributed by atoms with Crippen LogP contribution in [0.5, 0.6) is 0 Å². The zero-order valence-corrected chi connectivity index (χ0v) is 17.1. The number of hydrogen-bond donors (Lipinski definition) is 1. The van der Waals surface area contributed by atoms with Crippen molar-refractivity contribution in [1.82, 2.24) is 24.1 Å². The summed E-state index contributed by atoms with van der Waals surface area (Å²) in [5.41, 5.74) is 2.13. The van der Waals surface area contributed by atoms with Gasteiger partial charge in [0.25, 0.3) is 0 Å². The maximum Gasteiger partial charge on any atom is 0.240 e. The monoisotopic (exact) mass is 441 g/mol. The standard InChI is InChI=1S/C16H20BrN5O3S/c1-4-25-9-8-18-26(23,24)13-7-5-6-12(10-13)15-14(17)16-21(3)11(2)19-22(16)20-15/h5-7,10,18H,4,8-9H2,1-3H3. The second-order valence-electron chi connectivity index (χ2n) is 5.70. The van der Waals surface area contributed by atoms with Gasteiger partial charge in [-0.3, -0.25) is 0 Å². The fourth-order valence-corrected chi connectivity index (χ4v) is 4.35. The second kappa shape index (κ2) is 7.47. The Balaban J connectivity index is 1.94. The van der Waals surface area contributed by atoms with E-state index in [4.69, 9.17) is 4.74 Å². The molecule has 0 atom stereocenters. The molecule has 0 saturated heterocycles. The van der Waals surface area contributed by atoms with Crippen LogP contribution in [0.2, 0.25) is 0 Å². The van der Waals surface area contributed by atoms with Crippen LogP contribution in [0.25, 0.3) is 16.9 Å². The minimum absolute atomic E-state index is 0.180. The van der Waals surface area contributed by atoms with Crippen molar-refractivity contribution < 1.29 is 13.2 Å². The molecule has 3 aromatic rings. The van der Waals surface area contributed by atoms with Crippen LogP contribution < -0.4 is 4.72 Å². The van der Waals surface area contributed by atoms with E-state index in [1.54, 1.807) is 18.2 Å². The molecule has 0 fully saturated rings. The number of aromatic nitrogens is 4. The Kier molecular flexibility index (Phi) is 5.47. The first-order chi connectivity index (χ1) is 12.3. The van der Waals surface area contributed by atoms with Crippen LogP contribution >= 0.6 is 15.9 Å². The van der Waals surface area contributed by atoms with Gasteiger partial charge in [-0.1, -0.05) is 12.1 Å². The van der Waals surface area contributed by atoms with Crippen molar-refractivity contribution >= 4 is 31.6 Å². The number of halogens is 1. The molecular weight excluding hydrogens is 422 g/mol. The Labute approximate surface area is 160 Å². The van der Waals surface area contributed by atoms with Crippen LogP contribution in [0.3, 0.4) is 0 Å². The molecule has 0 spiro atoms. The maximum atomic E-state index is 12.5. The molecule has 0 amide bonds. The third kappa shape index (κ3) is 3.54. The van der Waals surface area contributed by atoms with E-state index in [0.717, 1.165) is 15.9 Å². The highest BCUT2D eigenvalue weighted by atomic mass is 79.9. The van der Waals surface area contributed by atoms with Gasteiger partial charge in [0.15, 0.2) is 5.65 Å². The van der Waals surface area contributed by atoms with Crippen LogP contribution in [0, 0.1) is 6.92 Å². The summed E-state index contributed by atoms with van der Waals surface area (Å²) in [6.45, 7) is 4.86. The minimum atomic E-state index is -3.62. The molecule has 0 aliphatic carbocycles. The molecule has 0 aliphatic heterocycles. The Morgan fingerprint density at radius 3 is 2.77 bits per heavy atom. The summed E-state index contributed by atoms with van der Waals surface area (Å²) in [7, 11) is -1.72. The number of rotatable bonds is 7. The Morgan fingerprint density at radius 2 is 2.08 bits per heavy atom. The van der Waals surface area contributed by atoms with Crippen LogP contribution in [-0.2, 0) is 21.8 Å². The van der Waals surface area contributed by atoms with E-state index in [9.17, 15) is 8.42 Å². The first-order valence-electron chi connectivity index (χ1n) is 8.11. The quantitative estimate of drug-likeness (QED) is 0.567. The molecule has 3 rings (SSSR count). The van der Waals surface area contributed by atoms with Gasteiger partial charge in [-0.25, -0.2) is 13.1 Å². The number of hydrogen-bond acceptors (Lipinski definition) is 5. The molecule has 2 heterocycles. The van der Waals surface area contributed by atoms with Gasteiger partial charge < -0.3 is 9.30 Å². The summed E-state index contributed by atoms with van der Waals surface area (Å²) < 4.78 is 36.8. The summed E-state index contributed by atoms with van der Waals surface area (Å²) in [4.78, 5) is 0.180. The number of ether oxygens (including phenoxy) is 1. The molecule has 0 radical (unpaired) electrons. The largest absolute Gasteiger partial charge is 0.380 e. The maximum absolute atomic E-state index is 12.5. The summed E-state index contributed by atoms with van der Waals surface area (Å²) in [5, 5.41) is 8.82. The van der Waals surface area contributed by atoms with Crippen LogP contribution in [0.15, 0.2) is 33.6 Å². The van der Waals surface area contributed by atoms with Crippen molar-refractivity contribution in [2.45, 2.75) is 18.7 Å². The Bertz CT molecular complexity index is 1040. The minimum Gasteiger partial charge on any atom is -0.380 e. The van der Waals surface area contributed by atoms with Gasteiger partial charge >= 0.3 is 0 Å². The SMILES string of the molecule is CCOCCNS(=O)(=O)c1cccc(-c2nn3nc(C)n(C)c3c2Br)c1. The molecule has 1 aromatic carbocycles. The predicted molar refractivity (Wildman–Crippen MR) is 102 cm³/mol. The third-order valence-corrected chi connectivity index (χ3v) is 6.18. The fourth-order valence-electron chi connectivity index (χ4n) is 2.56. The highest BCUT2D eigenvalue weighted by molar-refractivity contribution is 9.10. The molecule has 10 heteroatoms. The number of fused-ring (bicyclic) bond motifs is 1. The van der Waals surface area contributed by atoms with Gasteiger partial charge in [-0.2, -0.15) is 0 Å². The van der Waals surface area contributed by atoms with E-state index >= 15 is 0 Å². The molecule has 0 bridgehead atoms. The number of aryl methyl sites for hydroxylation is 2. The van der Waals surface area contributed by atoms with Crippen molar-refractivity contribution in [3.63, 3.8) is 0 Å². The lowest BCUT2D eigenvalue weighted by molar-refractivity contribution is 0.153. The van der Waals surface area contributed by atoms with E-state index in [1.807, 2.05) is 31.5 Å². The number of nitrogens with zero attached hydrogens (tertiary/aromatic N) is 4. The van der Waals surface area contributed by atoms with Crippen LogP contribution in [0.1, 0.15) is 12.7 Å². The lowest BCUT2D eigenvalue weighted by atomic mass is 10.1. The van der Waals surface area contributed by atoms with Crippen molar-refractivity contribution in [2.24, 2.45) is 7.05 Å². The summed E-state index contributed by atoms with van der Waals surface area (Å²) in [6.07, 6.45) is 0. The van der Waals surface area contributed by atoms with E-state index < -0.39 is 10.0 Å². The average Bonchev–Trinajstić information content (AvgIpc) is 3.08. The summed E-state index contributed by atoms with van der Waals surface area (Å²) in [5.74, 6) is 0.828. The van der Waals surface area contributed by atoms with E-state index in [2.05, 4.69) is 30.8 Å². The lowest BCUT2D eigenvalue weighted by Crippen LogP contribution is -2.27. The smallest absolute Gasteiger partial charge is 0.240 e. The van der Waals surface area contributed by atoms with E-state index in [1.165, 1.54) is 4.63 Å². The van der Waals surface area contributed by atoms with Crippen molar-refractivity contribution in [3.05, 3.63) is 34.6 Å². The molecule has 0 saturated carbocycles. The van der Waals surface area contributed by atoms with Crippen molar-refractivity contribution in [3.8, 4) is 11.3 Å². The first kappa shape index (κ1) is 19.0. The lowest BCUT2D eigenvalue weighted by Gasteiger charge is -2.08. The van der Waals surface area contributed by atoms with E-state index in [0.29, 0.717) is 24.5 Å². The molecule has 0 unspecified atom stereocenters. The molecule has 2 aromatic heterocycles. The second-order valence-corrected chi connectivity index (χ2v) is 8.26. The van der Waals surface area contributed by atoms with Gasteiger partial charge in [0.2, 0.25) is 10.0 Å². The Morgan fingerprint density at radius 1 is 1.31 bits per heavy atom. The average molecular weight is 442 g/mol. The fraction of sp³-hybridized carbons (Fsp3) is 0.375. The molecule has 1 N–H and O–H groups in total. The number of benzene rings is 1. The number of sulfonamides is 1. The van der Waals surface area contributed by atoms with E-state index in [-0.39, 0.29) is 11.4 Å². The summed E-state index contributed by atoms with van der Waals surface area (Å²) >= 11 is 3.56. The van der Waals surface area contributed by atoms with Gasteiger partial charge in [0.05, 0.1) is 16.0 Å². The predicted octanol–water partition coefficient (Wildman–Crippen LogP) is 2.12. The first-order valence-corrected chi connectivity index (χ1v) is 10.4. The van der Waals surface area contributed by atoms with Crippen molar-refractivity contribution in [1.29, 1.82) is 0 Å². The topological polar surface area (TPSA) is 90.5 Å². The van der Waals surface area contributed by atoms with Gasteiger partial charge in [0, 0.05) is 25.8 Å². The van der Waals surface area contributed by atoms with Gasteiger partial charge in [-0.15, -0.1) is 14.8 Å². The highest BCUT2D eigenvalue weighted by Gasteiger charge is 2.20. The van der Waals surface area contributed by atoms with Crippen molar-refractivity contribution in [2.75, 3.05) is 19.8 Å². The molecule has 0 aliphatic rings. The zero-order valence-electron chi connectivity index (χ0n) is 14.7. The molecule has 26 heavy (non-hydrogen) atoms. The molecule has 8 nitrogen and oxygen atoms in total. The Hall–Kier alpha value is -1.75. The van der Waals surface area contributed by atoms with Gasteiger partial charge in [0.1, 0.15) is 11.5 Å². The zero-order chi connectivity index (χ0) is 18.9.